The highest BCUT2D eigenvalue weighted by Crippen LogP contribution is 2.30. The van der Waals surface area contributed by atoms with Crippen molar-refractivity contribution in [1.29, 1.82) is 0 Å². The van der Waals surface area contributed by atoms with E-state index >= 15 is 0 Å². The Labute approximate surface area is 228 Å². The van der Waals surface area contributed by atoms with E-state index < -0.39 is 15.6 Å². The van der Waals surface area contributed by atoms with Gasteiger partial charge >= 0.3 is 0 Å². The van der Waals surface area contributed by atoms with Gasteiger partial charge in [0.05, 0.1) is 5.69 Å². The van der Waals surface area contributed by atoms with Gasteiger partial charge < -0.3 is 14.8 Å². The minimum atomic E-state index is -4.00. The first-order valence-corrected chi connectivity index (χ1v) is 15.0. The second-order valence-electron chi connectivity index (χ2n) is 10.8. The third-order valence-corrected chi connectivity index (χ3v) is 10.3. The maximum Gasteiger partial charge on any atom is 0.258 e. The molecule has 1 aliphatic heterocycles. The van der Waals surface area contributed by atoms with Crippen molar-refractivity contribution in [3.63, 3.8) is 0 Å². The number of para-hydroxylation sites is 1. The van der Waals surface area contributed by atoms with Crippen LogP contribution in [0.1, 0.15) is 33.1 Å². The molecule has 3 aromatic rings. The first-order valence-electron chi connectivity index (χ1n) is 13.6. The lowest BCUT2D eigenvalue weighted by molar-refractivity contribution is -0.123. The van der Waals surface area contributed by atoms with Gasteiger partial charge in [0.15, 0.2) is 0 Å². The number of hydrogen-bond acceptors (Lipinski definition) is 5. The molecule has 0 bridgehead atoms. The van der Waals surface area contributed by atoms with E-state index in [9.17, 15) is 22.4 Å². The number of carbonyl (C=O) groups excluding carboxylic acids is 1. The molecule has 0 spiro atoms. The number of fused-ring (bicyclic) bond motifs is 1. The highest BCUT2D eigenvalue weighted by molar-refractivity contribution is 7.89. The molecule has 2 aromatic carbocycles. The molecule has 1 aliphatic carbocycles. The summed E-state index contributed by atoms with van der Waals surface area (Å²) in [6.45, 7) is 5.06. The molecular weight excluding hydrogens is 519 g/mol. The summed E-state index contributed by atoms with van der Waals surface area (Å²) in [6.07, 6.45) is 4.37. The Morgan fingerprint density at radius 3 is 2.36 bits per heavy atom. The van der Waals surface area contributed by atoms with Gasteiger partial charge in [0.1, 0.15) is 17.3 Å². The molecule has 2 heterocycles. The van der Waals surface area contributed by atoms with Crippen LogP contribution >= 0.6 is 0 Å². The molecule has 5 rings (SSSR count). The van der Waals surface area contributed by atoms with Gasteiger partial charge in [-0.15, -0.1) is 0 Å². The van der Waals surface area contributed by atoms with E-state index in [1.165, 1.54) is 21.1 Å². The second kappa shape index (κ2) is 11.1. The Morgan fingerprint density at radius 1 is 0.974 bits per heavy atom. The number of amides is 1. The lowest BCUT2D eigenvalue weighted by Gasteiger charge is -2.35. The normalized spacial score (nSPS) is 22.6. The Hall–Kier alpha value is -3.24. The summed E-state index contributed by atoms with van der Waals surface area (Å²) >= 11 is 0. The Bertz CT molecular complexity index is 1530. The molecule has 2 fully saturated rings. The molecule has 0 radical (unpaired) electrons. The van der Waals surface area contributed by atoms with Gasteiger partial charge in [-0.25, -0.2) is 12.8 Å². The molecule has 1 N–H and O–H groups in total. The fraction of sp³-hybridized carbons (Fsp3) is 0.448. The maximum atomic E-state index is 14.3. The lowest BCUT2D eigenvalue weighted by atomic mass is 9.78. The highest BCUT2D eigenvalue weighted by atomic mass is 32.2. The standard InChI is InChI=1S/C29H35FN4O4S/c1-20-8-7-12-25(21(20)2)31-28(35)19-33-18-27(22-9-3-4-10-23(22)29(33)36)39(37,38)34-16-14-32(15-17-34)26-13-6-5-11-24(26)30/h3-6,9-11,13,18,20-21,25H,7-8,12,14-17,19H2,1-2H3,(H,31,35)/t20-,21-,25+/m1/s1. The number of halogens is 1. The number of piperazine rings is 1. The van der Waals surface area contributed by atoms with Crippen molar-refractivity contribution in [2.75, 3.05) is 31.1 Å². The van der Waals surface area contributed by atoms with Crippen LogP contribution in [0, 0.1) is 17.7 Å². The van der Waals surface area contributed by atoms with Crippen LogP contribution in [0.3, 0.4) is 0 Å². The summed E-state index contributed by atoms with van der Waals surface area (Å²) < 4.78 is 44.6. The number of anilines is 1. The topological polar surface area (TPSA) is 91.7 Å². The number of hydrogen-bond donors (Lipinski definition) is 1. The summed E-state index contributed by atoms with van der Waals surface area (Å²) in [7, 11) is -4.00. The smallest absolute Gasteiger partial charge is 0.258 e. The van der Waals surface area contributed by atoms with Gasteiger partial charge in [-0.3, -0.25) is 9.59 Å². The largest absolute Gasteiger partial charge is 0.367 e. The van der Waals surface area contributed by atoms with Crippen molar-refractivity contribution in [3.05, 3.63) is 70.9 Å². The van der Waals surface area contributed by atoms with Crippen molar-refractivity contribution in [3.8, 4) is 0 Å². The van der Waals surface area contributed by atoms with Crippen molar-refractivity contribution in [1.82, 2.24) is 14.2 Å². The number of aromatic nitrogens is 1. The molecule has 1 saturated heterocycles. The molecule has 208 valence electrons. The van der Waals surface area contributed by atoms with Crippen LogP contribution in [0.4, 0.5) is 10.1 Å². The van der Waals surface area contributed by atoms with Gasteiger partial charge in [0, 0.05) is 49.2 Å². The van der Waals surface area contributed by atoms with Crippen LogP contribution in [0.5, 0.6) is 0 Å². The first-order chi connectivity index (χ1) is 18.7. The van der Waals surface area contributed by atoms with Gasteiger partial charge in [0.2, 0.25) is 15.9 Å². The maximum absolute atomic E-state index is 14.3. The number of carbonyl (C=O) groups is 1. The number of benzene rings is 2. The third-order valence-electron chi connectivity index (χ3n) is 8.37. The summed E-state index contributed by atoms with van der Waals surface area (Å²) in [5.74, 6) is 0.181. The van der Waals surface area contributed by atoms with E-state index in [0.29, 0.717) is 36.0 Å². The van der Waals surface area contributed by atoms with Gasteiger partial charge in [0.25, 0.3) is 5.56 Å². The van der Waals surface area contributed by atoms with Crippen LogP contribution in [-0.2, 0) is 21.4 Å². The molecule has 1 saturated carbocycles. The zero-order valence-electron chi connectivity index (χ0n) is 22.3. The second-order valence-corrected chi connectivity index (χ2v) is 12.7. The van der Waals surface area contributed by atoms with Crippen molar-refractivity contribution < 1.29 is 17.6 Å². The average molecular weight is 555 g/mol. The zero-order valence-corrected chi connectivity index (χ0v) is 23.2. The van der Waals surface area contributed by atoms with Crippen molar-refractivity contribution in [2.45, 2.75) is 50.6 Å². The van der Waals surface area contributed by atoms with E-state index in [1.54, 1.807) is 42.5 Å². The lowest BCUT2D eigenvalue weighted by Crippen LogP contribution is -2.49. The molecule has 8 nitrogen and oxygen atoms in total. The number of nitrogens with one attached hydrogen (secondary N) is 1. The zero-order chi connectivity index (χ0) is 27.7. The summed E-state index contributed by atoms with van der Waals surface area (Å²) in [5, 5.41) is 3.65. The van der Waals surface area contributed by atoms with Crippen LogP contribution in [0.25, 0.3) is 10.8 Å². The molecule has 1 aromatic heterocycles. The number of nitrogens with zero attached hydrogens (tertiary/aromatic N) is 3. The number of sulfonamides is 1. The SMILES string of the molecule is C[C@@H]1[C@H](C)CCC[C@@H]1NC(=O)Cn1cc(S(=O)(=O)N2CCN(c3ccccc3F)CC2)c2ccccc2c1=O. The number of rotatable bonds is 6. The molecule has 1 amide bonds. The van der Waals surface area contributed by atoms with Crippen LogP contribution in [0.2, 0.25) is 0 Å². The van der Waals surface area contributed by atoms with Crippen LogP contribution in [-0.4, -0.2) is 55.4 Å². The van der Waals surface area contributed by atoms with E-state index in [1.807, 2.05) is 4.90 Å². The third kappa shape index (κ3) is 5.45. The van der Waals surface area contributed by atoms with Crippen LogP contribution < -0.4 is 15.8 Å². The Balaban J connectivity index is 1.41. The highest BCUT2D eigenvalue weighted by Gasteiger charge is 2.32. The predicted molar refractivity (Wildman–Crippen MR) is 150 cm³/mol. The Morgan fingerprint density at radius 2 is 1.64 bits per heavy atom. The average Bonchev–Trinajstić information content (AvgIpc) is 2.93. The van der Waals surface area contributed by atoms with Crippen molar-refractivity contribution >= 4 is 32.4 Å². The van der Waals surface area contributed by atoms with E-state index in [4.69, 9.17) is 0 Å². The van der Waals surface area contributed by atoms with E-state index in [2.05, 4.69) is 19.2 Å². The predicted octanol–water partition coefficient (Wildman–Crippen LogP) is 3.59. The fourth-order valence-corrected chi connectivity index (χ4v) is 7.48. The summed E-state index contributed by atoms with van der Waals surface area (Å²) in [6, 6.07) is 13.1. The fourth-order valence-electron chi connectivity index (χ4n) is 5.84. The number of pyridine rings is 1. The molecule has 2 aliphatic rings. The van der Waals surface area contributed by atoms with Gasteiger partial charge in [-0.1, -0.05) is 57.0 Å². The minimum absolute atomic E-state index is 0.00972. The monoisotopic (exact) mass is 554 g/mol. The molecule has 0 unspecified atom stereocenters. The summed E-state index contributed by atoms with van der Waals surface area (Å²) in [5.41, 5.74) is 0.0374. The quantitative estimate of drug-likeness (QED) is 0.503. The van der Waals surface area contributed by atoms with Gasteiger partial charge in [-0.2, -0.15) is 4.31 Å². The van der Waals surface area contributed by atoms with E-state index in [0.717, 1.165) is 19.3 Å². The van der Waals surface area contributed by atoms with Crippen LogP contribution in [0.15, 0.2) is 64.4 Å². The van der Waals surface area contributed by atoms with Crippen molar-refractivity contribution in [2.24, 2.45) is 11.8 Å². The molecule has 39 heavy (non-hydrogen) atoms. The summed E-state index contributed by atoms with van der Waals surface area (Å²) in [4.78, 5) is 28.1. The molecule has 10 heteroatoms. The first kappa shape index (κ1) is 27.3. The van der Waals surface area contributed by atoms with Gasteiger partial charge in [-0.05, 0) is 36.5 Å². The molecular formula is C29H35FN4O4S. The molecule has 3 atom stereocenters. The Kier molecular flexibility index (Phi) is 7.77. The van der Waals surface area contributed by atoms with E-state index in [-0.39, 0.29) is 47.7 Å². The minimum Gasteiger partial charge on any atom is -0.367 e.